The lowest BCUT2D eigenvalue weighted by molar-refractivity contribution is 0.489. The van der Waals surface area contributed by atoms with Crippen molar-refractivity contribution in [3.05, 3.63) is 59.8 Å². The first-order valence-electron chi connectivity index (χ1n) is 6.54. The maximum absolute atomic E-state index is 6.02. The number of nitrogens with two attached hydrogens (primary N) is 1. The molecule has 0 unspecified atom stereocenters. The minimum absolute atomic E-state index is 0.633. The smallest absolute Gasteiger partial charge is 0.150 e. The molecule has 0 saturated carbocycles. The van der Waals surface area contributed by atoms with Crippen LogP contribution in [0.5, 0.6) is 11.5 Å². The van der Waals surface area contributed by atoms with E-state index in [1.165, 1.54) is 0 Å². The normalized spacial score (nSPS) is 10.7. The number of rotatable bonds is 2. The monoisotopic (exact) mass is 264 g/mol. The first kappa shape index (κ1) is 12.5. The first-order chi connectivity index (χ1) is 9.63. The number of anilines is 1. The van der Waals surface area contributed by atoms with Crippen molar-refractivity contribution in [1.29, 1.82) is 0 Å². The number of aromatic nitrogens is 1. The third-order valence-corrected chi connectivity index (χ3v) is 3.20. The summed E-state index contributed by atoms with van der Waals surface area (Å²) in [7, 11) is 0. The van der Waals surface area contributed by atoms with Crippen molar-refractivity contribution in [3.8, 4) is 11.5 Å². The van der Waals surface area contributed by atoms with Crippen LogP contribution in [0.3, 0.4) is 0 Å². The summed E-state index contributed by atoms with van der Waals surface area (Å²) >= 11 is 0. The van der Waals surface area contributed by atoms with Gasteiger partial charge in [-0.15, -0.1) is 0 Å². The molecule has 0 bridgehead atoms. The van der Waals surface area contributed by atoms with E-state index in [0.29, 0.717) is 11.4 Å². The highest BCUT2D eigenvalue weighted by Gasteiger charge is 2.08. The fourth-order valence-corrected chi connectivity index (χ4v) is 2.20. The van der Waals surface area contributed by atoms with Crippen LogP contribution < -0.4 is 10.5 Å². The van der Waals surface area contributed by atoms with Gasteiger partial charge in [0.1, 0.15) is 5.75 Å². The van der Waals surface area contributed by atoms with Gasteiger partial charge in [0.25, 0.3) is 0 Å². The molecule has 0 spiro atoms. The molecule has 2 N–H and O–H groups in total. The number of hydrogen-bond donors (Lipinski definition) is 1. The molecule has 0 amide bonds. The van der Waals surface area contributed by atoms with Gasteiger partial charge in [0.2, 0.25) is 0 Å². The Morgan fingerprint density at radius 1 is 0.950 bits per heavy atom. The van der Waals surface area contributed by atoms with Gasteiger partial charge in [-0.1, -0.05) is 18.2 Å². The molecular weight excluding hydrogens is 248 g/mol. The van der Waals surface area contributed by atoms with Crippen LogP contribution in [0.25, 0.3) is 10.9 Å². The Labute approximate surface area is 118 Å². The lowest BCUT2D eigenvalue weighted by atomic mass is 10.1. The highest BCUT2D eigenvalue weighted by molar-refractivity contribution is 5.85. The van der Waals surface area contributed by atoms with Crippen LogP contribution in [0.15, 0.2) is 48.5 Å². The van der Waals surface area contributed by atoms with Crippen LogP contribution in [0, 0.1) is 13.8 Å². The molecular formula is C17H16N2O. The second kappa shape index (κ2) is 4.85. The molecule has 0 aliphatic carbocycles. The number of ether oxygens (including phenoxy) is 1. The molecule has 1 aromatic heterocycles. The predicted molar refractivity (Wildman–Crippen MR) is 82.1 cm³/mol. The predicted octanol–water partition coefficient (Wildman–Crippen LogP) is 4.23. The van der Waals surface area contributed by atoms with Gasteiger partial charge < -0.3 is 10.5 Å². The Morgan fingerprint density at radius 3 is 2.60 bits per heavy atom. The zero-order valence-electron chi connectivity index (χ0n) is 11.6. The van der Waals surface area contributed by atoms with E-state index in [4.69, 9.17) is 10.5 Å². The van der Waals surface area contributed by atoms with Gasteiger partial charge in [-0.2, -0.15) is 0 Å². The van der Waals surface area contributed by atoms with Crippen LogP contribution in [0.1, 0.15) is 11.3 Å². The maximum atomic E-state index is 6.02. The summed E-state index contributed by atoms with van der Waals surface area (Å²) in [5, 5.41) is 0.985. The van der Waals surface area contributed by atoms with Gasteiger partial charge in [-0.25, -0.2) is 0 Å². The van der Waals surface area contributed by atoms with Gasteiger partial charge >= 0.3 is 0 Å². The molecule has 0 fully saturated rings. The van der Waals surface area contributed by atoms with E-state index in [1.807, 2.05) is 62.4 Å². The third-order valence-electron chi connectivity index (χ3n) is 3.20. The average Bonchev–Trinajstić information content (AvgIpc) is 2.43. The SMILES string of the molecule is Cc1ccc(N)c(Oc2cc(C)nc3ccccc23)c1. The topological polar surface area (TPSA) is 48.1 Å². The second-order valence-corrected chi connectivity index (χ2v) is 4.92. The summed E-state index contributed by atoms with van der Waals surface area (Å²) in [4.78, 5) is 4.51. The van der Waals surface area contributed by atoms with E-state index in [9.17, 15) is 0 Å². The van der Waals surface area contributed by atoms with Crippen molar-refractivity contribution < 1.29 is 4.74 Å². The molecule has 3 heteroatoms. The Balaban J connectivity index is 2.13. The Kier molecular flexibility index (Phi) is 3.03. The summed E-state index contributed by atoms with van der Waals surface area (Å²) in [6, 6.07) is 15.6. The minimum Gasteiger partial charge on any atom is -0.454 e. The molecule has 0 atom stereocenters. The molecule has 100 valence electrons. The first-order valence-corrected chi connectivity index (χ1v) is 6.54. The lowest BCUT2D eigenvalue weighted by Gasteiger charge is -2.12. The fourth-order valence-electron chi connectivity index (χ4n) is 2.20. The van der Waals surface area contributed by atoms with Crippen molar-refractivity contribution in [3.63, 3.8) is 0 Å². The van der Waals surface area contributed by atoms with Crippen molar-refractivity contribution in [2.75, 3.05) is 5.73 Å². The van der Waals surface area contributed by atoms with Crippen LogP contribution in [-0.2, 0) is 0 Å². The van der Waals surface area contributed by atoms with E-state index in [0.717, 1.165) is 27.9 Å². The van der Waals surface area contributed by atoms with E-state index >= 15 is 0 Å². The van der Waals surface area contributed by atoms with E-state index in [-0.39, 0.29) is 0 Å². The highest BCUT2D eigenvalue weighted by Crippen LogP contribution is 2.33. The largest absolute Gasteiger partial charge is 0.454 e. The quantitative estimate of drug-likeness (QED) is 0.705. The van der Waals surface area contributed by atoms with Gasteiger partial charge in [0.05, 0.1) is 11.2 Å². The van der Waals surface area contributed by atoms with Crippen LogP contribution in [0.2, 0.25) is 0 Å². The minimum atomic E-state index is 0.633. The number of nitrogen functional groups attached to an aromatic ring is 1. The van der Waals surface area contributed by atoms with E-state index in [2.05, 4.69) is 4.98 Å². The second-order valence-electron chi connectivity index (χ2n) is 4.92. The summed E-state index contributed by atoms with van der Waals surface area (Å²) in [6.45, 7) is 3.97. The van der Waals surface area contributed by atoms with Gasteiger partial charge in [-0.05, 0) is 43.7 Å². The highest BCUT2D eigenvalue weighted by atomic mass is 16.5. The number of benzene rings is 2. The molecule has 20 heavy (non-hydrogen) atoms. The molecule has 0 radical (unpaired) electrons. The van der Waals surface area contributed by atoms with Gasteiger partial charge in [0, 0.05) is 17.1 Å². The van der Waals surface area contributed by atoms with Gasteiger partial charge in [0.15, 0.2) is 5.75 Å². The van der Waals surface area contributed by atoms with Crippen molar-refractivity contribution in [2.24, 2.45) is 0 Å². The number of nitrogens with zero attached hydrogens (tertiary/aromatic N) is 1. The number of para-hydroxylation sites is 1. The maximum Gasteiger partial charge on any atom is 0.150 e. The Hall–Kier alpha value is -2.55. The molecule has 3 aromatic rings. The van der Waals surface area contributed by atoms with Crippen molar-refractivity contribution >= 4 is 16.6 Å². The summed E-state index contributed by atoms with van der Waals surface area (Å²) in [5.74, 6) is 1.46. The van der Waals surface area contributed by atoms with Crippen LogP contribution >= 0.6 is 0 Å². The zero-order chi connectivity index (χ0) is 14.1. The lowest BCUT2D eigenvalue weighted by Crippen LogP contribution is -1.95. The molecule has 3 rings (SSSR count). The van der Waals surface area contributed by atoms with Crippen LogP contribution in [-0.4, -0.2) is 4.98 Å². The Bertz CT molecular complexity index is 781. The summed E-state index contributed by atoms with van der Waals surface area (Å²) in [6.07, 6.45) is 0. The number of fused-ring (bicyclic) bond motifs is 1. The van der Waals surface area contributed by atoms with E-state index < -0.39 is 0 Å². The molecule has 0 saturated heterocycles. The van der Waals surface area contributed by atoms with E-state index in [1.54, 1.807) is 0 Å². The fraction of sp³-hybridized carbons (Fsp3) is 0.118. The Morgan fingerprint density at radius 2 is 1.75 bits per heavy atom. The average molecular weight is 264 g/mol. The third kappa shape index (κ3) is 2.30. The number of pyridine rings is 1. The van der Waals surface area contributed by atoms with Crippen molar-refractivity contribution in [2.45, 2.75) is 13.8 Å². The van der Waals surface area contributed by atoms with Gasteiger partial charge in [-0.3, -0.25) is 4.98 Å². The summed E-state index contributed by atoms with van der Waals surface area (Å²) < 4.78 is 6.02. The van der Waals surface area contributed by atoms with Crippen LogP contribution in [0.4, 0.5) is 5.69 Å². The standard InChI is InChI=1S/C17H16N2O/c1-11-7-8-14(18)17(9-11)20-16-10-12(2)19-15-6-4-3-5-13(15)16/h3-10H,18H2,1-2H3. The van der Waals surface area contributed by atoms with Crippen molar-refractivity contribution in [1.82, 2.24) is 4.98 Å². The molecule has 3 nitrogen and oxygen atoms in total. The summed E-state index contributed by atoms with van der Waals surface area (Å²) in [5.41, 5.74) is 9.57. The molecule has 0 aliphatic rings. The number of aryl methyl sites for hydroxylation is 2. The molecule has 1 heterocycles. The zero-order valence-corrected chi connectivity index (χ0v) is 11.6. The number of hydrogen-bond acceptors (Lipinski definition) is 3. The molecule has 2 aromatic carbocycles. The molecule has 0 aliphatic heterocycles.